The number of anilines is 2. The topological polar surface area (TPSA) is 59.5 Å². The lowest BCUT2D eigenvalue weighted by Gasteiger charge is -2.23. The Morgan fingerprint density at radius 3 is 2.73 bits per heavy atom. The van der Waals surface area contributed by atoms with Crippen LogP contribution < -0.4 is 10.2 Å². The van der Waals surface area contributed by atoms with E-state index in [0.717, 1.165) is 36.1 Å². The summed E-state index contributed by atoms with van der Waals surface area (Å²) in [6.07, 6.45) is 2.54. The van der Waals surface area contributed by atoms with Crippen LogP contribution in [0, 0.1) is 13.8 Å². The standard InChI is InChI=1S/C16H26N4O2/c1-4-22-14-10-21-9-13(14)18-15-11(2)12(3)17-16(19-15)20-7-5-6-8-20/h13-14H,4-10H2,1-3H3,(H,17,18,19)/t13-,14-/m0/s1. The number of aryl methyl sites for hydroxylation is 1. The molecule has 0 amide bonds. The Kier molecular flexibility index (Phi) is 4.78. The fraction of sp³-hybridized carbons (Fsp3) is 0.750. The number of nitrogens with zero attached hydrogens (tertiary/aromatic N) is 3. The van der Waals surface area contributed by atoms with Crippen LogP contribution in [0.15, 0.2) is 0 Å². The smallest absolute Gasteiger partial charge is 0.227 e. The van der Waals surface area contributed by atoms with Crippen molar-refractivity contribution in [3.63, 3.8) is 0 Å². The second-order valence-corrected chi connectivity index (χ2v) is 6.06. The number of ether oxygens (including phenoxy) is 2. The lowest BCUT2D eigenvalue weighted by molar-refractivity contribution is 0.0478. The van der Waals surface area contributed by atoms with Gasteiger partial charge in [0.2, 0.25) is 5.95 Å². The molecule has 3 heterocycles. The van der Waals surface area contributed by atoms with E-state index in [9.17, 15) is 0 Å². The minimum absolute atomic E-state index is 0.0925. The van der Waals surface area contributed by atoms with Gasteiger partial charge in [-0.05, 0) is 33.6 Å². The van der Waals surface area contributed by atoms with Crippen molar-refractivity contribution in [2.45, 2.75) is 45.8 Å². The third kappa shape index (κ3) is 3.17. The molecule has 1 aromatic rings. The summed E-state index contributed by atoms with van der Waals surface area (Å²) in [5, 5.41) is 3.52. The van der Waals surface area contributed by atoms with Crippen LogP contribution in [-0.2, 0) is 9.47 Å². The van der Waals surface area contributed by atoms with Gasteiger partial charge in [0.1, 0.15) is 11.9 Å². The molecule has 0 aromatic carbocycles. The Hall–Kier alpha value is -1.40. The molecule has 1 aromatic heterocycles. The van der Waals surface area contributed by atoms with E-state index in [1.807, 2.05) is 13.8 Å². The van der Waals surface area contributed by atoms with Crippen LogP contribution in [0.2, 0.25) is 0 Å². The molecule has 2 saturated heterocycles. The van der Waals surface area contributed by atoms with Crippen LogP contribution in [-0.4, -0.2) is 55.0 Å². The zero-order valence-corrected chi connectivity index (χ0v) is 13.8. The minimum atomic E-state index is 0.0925. The van der Waals surface area contributed by atoms with Gasteiger partial charge >= 0.3 is 0 Å². The van der Waals surface area contributed by atoms with Gasteiger partial charge in [0.15, 0.2) is 0 Å². The van der Waals surface area contributed by atoms with E-state index in [0.29, 0.717) is 19.8 Å². The fourth-order valence-electron chi connectivity index (χ4n) is 3.04. The van der Waals surface area contributed by atoms with Gasteiger partial charge in [0, 0.05) is 31.0 Å². The van der Waals surface area contributed by atoms with Gasteiger partial charge in [-0.15, -0.1) is 0 Å². The van der Waals surface area contributed by atoms with Crippen molar-refractivity contribution in [1.82, 2.24) is 9.97 Å². The Bertz CT molecular complexity index is 517. The fourth-order valence-corrected chi connectivity index (χ4v) is 3.04. The van der Waals surface area contributed by atoms with Gasteiger partial charge in [-0.1, -0.05) is 0 Å². The highest BCUT2D eigenvalue weighted by Crippen LogP contribution is 2.24. The number of aromatic nitrogens is 2. The molecule has 122 valence electrons. The van der Waals surface area contributed by atoms with Crippen molar-refractivity contribution in [2.24, 2.45) is 0 Å². The second-order valence-electron chi connectivity index (χ2n) is 6.06. The molecule has 6 heteroatoms. The van der Waals surface area contributed by atoms with Crippen LogP contribution in [0.3, 0.4) is 0 Å². The second kappa shape index (κ2) is 6.79. The van der Waals surface area contributed by atoms with Gasteiger partial charge in [-0.25, -0.2) is 4.98 Å². The van der Waals surface area contributed by atoms with Crippen LogP contribution in [0.4, 0.5) is 11.8 Å². The van der Waals surface area contributed by atoms with Crippen molar-refractivity contribution >= 4 is 11.8 Å². The zero-order chi connectivity index (χ0) is 15.5. The van der Waals surface area contributed by atoms with Gasteiger partial charge in [-0.2, -0.15) is 4.98 Å². The first-order valence-corrected chi connectivity index (χ1v) is 8.25. The van der Waals surface area contributed by atoms with Crippen molar-refractivity contribution in [2.75, 3.05) is 43.1 Å². The Balaban J connectivity index is 1.79. The Morgan fingerprint density at radius 1 is 1.23 bits per heavy atom. The largest absolute Gasteiger partial charge is 0.376 e. The third-order valence-electron chi connectivity index (χ3n) is 4.50. The first kappa shape index (κ1) is 15.5. The summed E-state index contributed by atoms with van der Waals surface area (Å²) in [6, 6.07) is 0.152. The highest BCUT2D eigenvalue weighted by atomic mass is 16.5. The Labute approximate surface area is 132 Å². The maximum atomic E-state index is 5.75. The first-order valence-electron chi connectivity index (χ1n) is 8.25. The SMILES string of the molecule is CCO[C@H]1COC[C@@H]1Nc1nc(N2CCCC2)nc(C)c1C. The maximum Gasteiger partial charge on any atom is 0.227 e. The molecule has 0 aliphatic carbocycles. The average Bonchev–Trinajstić information content (AvgIpc) is 3.16. The molecular weight excluding hydrogens is 280 g/mol. The summed E-state index contributed by atoms with van der Waals surface area (Å²) in [5.41, 5.74) is 2.14. The molecule has 1 N–H and O–H groups in total. The van der Waals surface area contributed by atoms with Gasteiger partial charge in [-0.3, -0.25) is 0 Å². The summed E-state index contributed by atoms with van der Waals surface area (Å²) >= 11 is 0. The van der Waals surface area contributed by atoms with E-state index in [2.05, 4.69) is 22.1 Å². The van der Waals surface area contributed by atoms with Crippen molar-refractivity contribution < 1.29 is 9.47 Å². The van der Waals surface area contributed by atoms with Crippen LogP contribution >= 0.6 is 0 Å². The summed E-state index contributed by atoms with van der Waals surface area (Å²) < 4.78 is 11.3. The van der Waals surface area contributed by atoms with Crippen molar-refractivity contribution in [1.29, 1.82) is 0 Å². The zero-order valence-electron chi connectivity index (χ0n) is 13.8. The summed E-state index contributed by atoms with van der Waals surface area (Å²) in [4.78, 5) is 11.7. The van der Waals surface area contributed by atoms with E-state index in [-0.39, 0.29) is 12.1 Å². The highest BCUT2D eigenvalue weighted by Gasteiger charge is 2.30. The van der Waals surface area contributed by atoms with Gasteiger partial charge in [0.05, 0.1) is 19.3 Å². The molecule has 0 bridgehead atoms. The number of hydrogen-bond acceptors (Lipinski definition) is 6. The molecule has 0 spiro atoms. The molecule has 2 aliphatic heterocycles. The lowest BCUT2D eigenvalue weighted by atomic mass is 10.2. The number of rotatable bonds is 5. The number of nitrogens with one attached hydrogen (secondary N) is 1. The maximum absolute atomic E-state index is 5.75. The molecule has 0 unspecified atom stereocenters. The predicted octanol–water partition coefficient (Wildman–Crippen LogP) is 1.91. The van der Waals surface area contributed by atoms with E-state index < -0.39 is 0 Å². The average molecular weight is 306 g/mol. The van der Waals surface area contributed by atoms with E-state index in [1.165, 1.54) is 12.8 Å². The monoisotopic (exact) mass is 306 g/mol. The molecule has 0 saturated carbocycles. The summed E-state index contributed by atoms with van der Waals surface area (Å²) in [5.74, 6) is 1.75. The summed E-state index contributed by atoms with van der Waals surface area (Å²) in [7, 11) is 0. The van der Waals surface area contributed by atoms with E-state index in [1.54, 1.807) is 0 Å². The summed E-state index contributed by atoms with van der Waals surface area (Å²) in [6.45, 7) is 10.2. The molecule has 22 heavy (non-hydrogen) atoms. The Morgan fingerprint density at radius 2 is 2.00 bits per heavy atom. The van der Waals surface area contributed by atoms with Crippen LogP contribution in [0.25, 0.3) is 0 Å². The molecule has 3 rings (SSSR count). The first-order chi connectivity index (χ1) is 10.7. The van der Waals surface area contributed by atoms with E-state index in [4.69, 9.17) is 14.5 Å². The minimum Gasteiger partial charge on any atom is -0.376 e. The molecule has 2 fully saturated rings. The highest BCUT2D eigenvalue weighted by molar-refractivity contribution is 5.51. The molecule has 2 aliphatic rings. The molecule has 2 atom stereocenters. The number of hydrogen-bond donors (Lipinski definition) is 1. The van der Waals surface area contributed by atoms with Crippen LogP contribution in [0.1, 0.15) is 31.0 Å². The third-order valence-corrected chi connectivity index (χ3v) is 4.50. The van der Waals surface area contributed by atoms with Gasteiger partial charge < -0.3 is 19.7 Å². The predicted molar refractivity (Wildman–Crippen MR) is 86.6 cm³/mol. The lowest BCUT2D eigenvalue weighted by Crippen LogP contribution is -2.35. The quantitative estimate of drug-likeness (QED) is 0.897. The molecule has 6 nitrogen and oxygen atoms in total. The van der Waals surface area contributed by atoms with E-state index >= 15 is 0 Å². The van der Waals surface area contributed by atoms with Crippen molar-refractivity contribution in [3.8, 4) is 0 Å². The molecule has 0 radical (unpaired) electrons. The van der Waals surface area contributed by atoms with Gasteiger partial charge in [0.25, 0.3) is 0 Å². The normalized spacial score (nSPS) is 25.0. The van der Waals surface area contributed by atoms with Crippen LogP contribution in [0.5, 0.6) is 0 Å². The molecular formula is C16H26N4O2. The van der Waals surface area contributed by atoms with Crippen molar-refractivity contribution in [3.05, 3.63) is 11.3 Å².